The quantitative estimate of drug-likeness (QED) is 0.804. The summed E-state index contributed by atoms with van der Waals surface area (Å²) in [6.45, 7) is 0.729. The molecule has 3 heterocycles. The summed E-state index contributed by atoms with van der Waals surface area (Å²) in [6, 6.07) is 5.47. The number of nitrogens with zero attached hydrogens (tertiary/aromatic N) is 1. The summed E-state index contributed by atoms with van der Waals surface area (Å²) in [5.41, 5.74) is 0.0780. The molecule has 1 amide bonds. The zero-order valence-corrected chi connectivity index (χ0v) is 14.0. The van der Waals surface area contributed by atoms with E-state index in [-0.39, 0.29) is 5.91 Å². The van der Waals surface area contributed by atoms with Gasteiger partial charge in [0.2, 0.25) is 5.91 Å². The molecule has 0 aliphatic carbocycles. The molecule has 1 spiro atoms. The second-order valence-corrected chi connectivity index (χ2v) is 6.62. The van der Waals surface area contributed by atoms with Crippen molar-refractivity contribution >= 4 is 11.9 Å². The number of hydrogen-bond acceptors (Lipinski definition) is 5. The van der Waals surface area contributed by atoms with Crippen LogP contribution in [0.25, 0.3) is 0 Å². The zero-order chi connectivity index (χ0) is 17.8. The average Bonchev–Trinajstić information content (AvgIpc) is 3.23. The van der Waals surface area contributed by atoms with Crippen LogP contribution in [0.4, 0.5) is 0 Å². The summed E-state index contributed by atoms with van der Waals surface area (Å²) in [5.74, 6) is -1.42. The largest absolute Gasteiger partial charge is 0.493 e. The molecule has 0 radical (unpaired) electrons. The normalized spacial score (nSPS) is 32.2. The van der Waals surface area contributed by atoms with Gasteiger partial charge in [0.25, 0.3) is 0 Å². The van der Waals surface area contributed by atoms with E-state index in [1.165, 1.54) is 0 Å². The summed E-state index contributed by atoms with van der Waals surface area (Å²) >= 11 is 0. The third kappa shape index (κ3) is 2.22. The van der Waals surface area contributed by atoms with Crippen LogP contribution in [0.3, 0.4) is 0 Å². The lowest BCUT2D eigenvalue weighted by atomic mass is 9.77. The molecule has 3 aliphatic heterocycles. The van der Waals surface area contributed by atoms with Crippen molar-refractivity contribution in [3.63, 3.8) is 0 Å². The van der Waals surface area contributed by atoms with Gasteiger partial charge in [-0.1, -0.05) is 18.2 Å². The smallest absolute Gasteiger partial charge is 0.310 e. The Morgan fingerprint density at radius 1 is 1.36 bits per heavy atom. The van der Waals surface area contributed by atoms with E-state index >= 15 is 0 Å². The molecular formula is C18H19NO6. The van der Waals surface area contributed by atoms with Gasteiger partial charge < -0.3 is 24.2 Å². The molecule has 1 N–H and O–H groups in total. The van der Waals surface area contributed by atoms with Crippen LogP contribution in [0.5, 0.6) is 11.5 Å². The van der Waals surface area contributed by atoms with Crippen LogP contribution < -0.4 is 9.47 Å². The van der Waals surface area contributed by atoms with E-state index < -0.39 is 29.5 Å². The van der Waals surface area contributed by atoms with E-state index in [9.17, 15) is 14.7 Å². The number of benzene rings is 1. The highest BCUT2D eigenvalue weighted by Gasteiger charge is 2.66. The Balaban J connectivity index is 1.59. The Kier molecular flexibility index (Phi) is 3.50. The number of fused-ring (bicyclic) bond motifs is 1. The Labute approximate surface area is 144 Å². The summed E-state index contributed by atoms with van der Waals surface area (Å²) in [7, 11) is 3.12. The second kappa shape index (κ2) is 5.49. The van der Waals surface area contributed by atoms with Gasteiger partial charge in [0.05, 0.1) is 32.8 Å². The summed E-state index contributed by atoms with van der Waals surface area (Å²) < 4.78 is 16.4. The van der Waals surface area contributed by atoms with Gasteiger partial charge in [0, 0.05) is 6.54 Å². The molecule has 2 bridgehead atoms. The van der Waals surface area contributed by atoms with E-state index in [0.717, 1.165) is 5.56 Å². The molecule has 7 nitrogen and oxygen atoms in total. The third-order valence-electron chi connectivity index (χ3n) is 5.29. The van der Waals surface area contributed by atoms with Crippen molar-refractivity contribution in [1.29, 1.82) is 0 Å². The number of carbonyl (C=O) groups excluding carboxylic acids is 1. The SMILES string of the molecule is COc1ccc(CN2CC34C=CC(O3)C(C(=O)O)C4C2=O)cc1OC. The minimum absolute atomic E-state index is 0.172. The van der Waals surface area contributed by atoms with Crippen LogP contribution in [-0.2, 0) is 20.9 Å². The Morgan fingerprint density at radius 2 is 2.12 bits per heavy atom. The number of aliphatic carboxylic acids is 1. The van der Waals surface area contributed by atoms with Gasteiger partial charge in [-0.25, -0.2) is 0 Å². The molecule has 1 aromatic carbocycles. The van der Waals surface area contributed by atoms with Crippen molar-refractivity contribution in [3.05, 3.63) is 35.9 Å². The average molecular weight is 345 g/mol. The first kappa shape index (κ1) is 16.0. The number of likely N-dealkylation sites (tertiary alicyclic amines) is 1. The minimum Gasteiger partial charge on any atom is -0.493 e. The van der Waals surface area contributed by atoms with E-state index in [1.807, 2.05) is 18.2 Å². The van der Waals surface area contributed by atoms with Crippen molar-refractivity contribution in [3.8, 4) is 11.5 Å². The first-order valence-corrected chi connectivity index (χ1v) is 8.09. The second-order valence-electron chi connectivity index (χ2n) is 6.62. The van der Waals surface area contributed by atoms with E-state index in [4.69, 9.17) is 14.2 Å². The summed E-state index contributed by atoms with van der Waals surface area (Å²) in [4.78, 5) is 26.1. The highest BCUT2D eigenvalue weighted by Crippen LogP contribution is 2.52. The van der Waals surface area contributed by atoms with Gasteiger partial charge in [-0.2, -0.15) is 0 Å². The van der Waals surface area contributed by atoms with Gasteiger partial charge in [0.15, 0.2) is 11.5 Å². The maximum atomic E-state index is 12.9. The van der Waals surface area contributed by atoms with Gasteiger partial charge in [-0.15, -0.1) is 0 Å². The van der Waals surface area contributed by atoms with Crippen molar-refractivity contribution in [2.75, 3.05) is 20.8 Å². The number of rotatable bonds is 5. The van der Waals surface area contributed by atoms with Crippen LogP contribution in [-0.4, -0.2) is 54.4 Å². The van der Waals surface area contributed by atoms with Crippen LogP contribution >= 0.6 is 0 Å². The highest BCUT2D eigenvalue weighted by atomic mass is 16.5. The molecule has 4 atom stereocenters. The van der Waals surface area contributed by atoms with Crippen LogP contribution in [0, 0.1) is 11.8 Å². The molecule has 25 heavy (non-hydrogen) atoms. The Hall–Kier alpha value is -2.54. The first-order chi connectivity index (χ1) is 12.0. The molecule has 0 aromatic heterocycles. The van der Waals surface area contributed by atoms with Gasteiger partial charge in [-0.05, 0) is 17.7 Å². The number of ether oxygens (including phenoxy) is 3. The van der Waals surface area contributed by atoms with Crippen LogP contribution in [0.2, 0.25) is 0 Å². The van der Waals surface area contributed by atoms with Gasteiger partial charge in [-0.3, -0.25) is 9.59 Å². The van der Waals surface area contributed by atoms with Crippen LogP contribution in [0.1, 0.15) is 5.56 Å². The standard InChI is InChI=1S/C18H19NO6/c1-23-11-4-3-10(7-13(11)24-2)8-19-9-18-6-5-12(25-18)14(17(21)22)15(18)16(19)20/h3-7,12,14-15H,8-9H2,1-2H3,(H,21,22). The van der Waals surface area contributed by atoms with E-state index in [0.29, 0.717) is 24.6 Å². The first-order valence-electron chi connectivity index (χ1n) is 8.09. The Bertz CT molecular complexity index is 775. The van der Waals surface area contributed by atoms with Gasteiger partial charge in [0.1, 0.15) is 11.5 Å². The van der Waals surface area contributed by atoms with E-state index in [2.05, 4.69) is 0 Å². The molecule has 1 aromatic rings. The molecular weight excluding hydrogens is 326 g/mol. The molecule has 2 saturated heterocycles. The number of carboxylic acids is 1. The number of carboxylic acid groups (broad SMARTS) is 1. The van der Waals surface area contributed by atoms with Gasteiger partial charge >= 0.3 is 5.97 Å². The predicted octanol–water partition coefficient (Wildman–Crippen LogP) is 1.07. The van der Waals surface area contributed by atoms with Crippen molar-refractivity contribution < 1.29 is 28.9 Å². The number of carbonyl (C=O) groups is 2. The Morgan fingerprint density at radius 3 is 2.80 bits per heavy atom. The molecule has 0 saturated carbocycles. The van der Waals surface area contributed by atoms with Crippen molar-refractivity contribution in [2.45, 2.75) is 18.2 Å². The molecule has 7 heteroatoms. The number of hydrogen-bond donors (Lipinski definition) is 1. The topological polar surface area (TPSA) is 85.3 Å². The minimum atomic E-state index is -0.984. The fraction of sp³-hybridized carbons (Fsp3) is 0.444. The molecule has 4 unspecified atom stereocenters. The predicted molar refractivity (Wildman–Crippen MR) is 86.3 cm³/mol. The summed E-state index contributed by atoms with van der Waals surface area (Å²) in [5, 5.41) is 9.48. The third-order valence-corrected chi connectivity index (χ3v) is 5.29. The summed E-state index contributed by atoms with van der Waals surface area (Å²) in [6.07, 6.45) is 3.12. The van der Waals surface area contributed by atoms with Crippen molar-refractivity contribution in [2.24, 2.45) is 11.8 Å². The lowest BCUT2D eigenvalue weighted by Crippen LogP contribution is -2.39. The fourth-order valence-corrected chi connectivity index (χ4v) is 4.19. The monoisotopic (exact) mass is 345 g/mol. The molecule has 2 fully saturated rings. The van der Waals surface area contributed by atoms with E-state index in [1.54, 1.807) is 31.3 Å². The van der Waals surface area contributed by atoms with Crippen LogP contribution in [0.15, 0.2) is 30.4 Å². The zero-order valence-electron chi connectivity index (χ0n) is 14.0. The fourth-order valence-electron chi connectivity index (χ4n) is 4.19. The maximum Gasteiger partial charge on any atom is 0.310 e. The van der Waals surface area contributed by atoms with Crippen molar-refractivity contribution in [1.82, 2.24) is 4.90 Å². The highest BCUT2D eigenvalue weighted by molar-refractivity contribution is 5.90. The lowest BCUT2D eigenvalue weighted by molar-refractivity contribution is -0.148. The lowest BCUT2D eigenvalue weighted by Gasteiger charge is -2.21. The molecule has 4 rings (SSSR count). The number of methoxy groups -OCH3 is 2. The molecule has 3 aliphatic rings. The molecule has 132 valence electrons. The maximum absolute atomic E-state index is 12.9. The number of amides is 1.